The quantitative estimate of drug-likeness (QED) is 0.754. The number of benzene rings is 1. The second kappa shape index (κ2) is 6.76. The van der Waals surface area contributed by atoms with Crippen molar-refractivity contribution in [1.29, 1.82) is 0 Å². The maximum Gasteiger partial charge on any atom is 0.271 e. The number of carbonyl (C=O) groups is 1. The third kappa shape index (κ3) is 3.49. The van der Waals surface area contributed by atoms with Crippen molar-refractivity contribution in [2.45, 2.75) is 13.0 Å². The van der Waals surface area contributed by atoms with Crippen LogP contribution in [0.4, 0.5) is 0 Å². The summed E-state index contributed by atoms with van der Waals surface area (Å²) in [7, 11) is 0. The van der Waals surface area contributed by atoms with Crippen molar-refractivity contribution in [3.8, 4) is 10.8 Å². The van der Waals surface area contributed by atoms with Gasteiger partial charge in [0.05, 0.1) is 6.26 Å². The van der Waals surface area contributed by atoms with Gasteiger partial charge in [-0.25, -0.2) is 4.98 Å². The molecule has 23 heavy (non-hydrogen) atoms. The Balaban J connectivity index is 1.67. The van der Waals surface area contributed by atoms with Gasteiger partial charge in [-0.2, -0.15) is 0 Å². The molecule has 1 atom stereocenters. The number of rotatable bonds is 5. The topological polar surface area (TPSA) is 81.2 Å². The Hall–Kier alpha value is -2.44. The fourth-order valence-corrected chi connectivity index (χ4v) is 3.10. The zero-order valence-electron chi connectivity index (χ0n) is 12.7. The summed E-state index contributed by atoms with van der Waals surface area (Å²) in [6.45, 7) is 2.23. The van der Waals surface area contributed by atoms with E-state index in [1.54, 1.807) is 12.3 Å². The first-order valence-electron chi connectivity index (χ1n) is 7.25. The van der Waals surface area contributed by atoms with Crippen LogP contribution in [0.3, 0.4) is 0 Å². The lowest BCUT2D eigenvalue weighted by Crippen LogP contribution is -2.32. The molecule has 0 aliphatic carbocycles. The summed E-state index contributed by atoms with van der Waals surface area (Å²) < 4.78 is 5.32. The van der Waals surface area contributed by atoms with Crippen LogP contribution in [-0.4, -0.2) is 17.4 Å². The second-order valence-corrected chi connectivity index (χ2v) is 6.33. The average molecular weight is 327 g/mol. The Labute approximate surface area is 138 Å². The first-order chi connectivity index (χ1) is 11.1. The van der Waals surface area contributed by atoms with Gasteiger partial charge in [0.1, 0.15) is 5.69 Å². The molecule has 0 spiro atoms. The number of nitrogens with one attached hydrogen (secondary N) is 1. The first-order valence-corrected chi connectivity index (χ1v) is 8.07. The molecule has 5 nitrogen and oxygen atoms in total. The van der Waals surface area contributed by atoms with Crippen LogP contribution in [0.5, 0.6) is 0 Å². The summed E-state index contributed by atoms with van der Waals surface area (Å²) in [6, 6.07) is 13.1. The molecule has 6 heteroatoms. The van der Waals surface area contributed by atoms with Crippen molar-refractivity contribution in [3.63, 3.8) is 0 Å². The molecule has 1 unspecified atom stereocenters. The van der Waals surface area contributed by atoms with Gasteiger partial charge in [-0.3, -0.25) is 4.79 Å². The second-order valence-electron chi connectivity index (χ2n) is 5.13. The standard InChI is InChI=1S/C17H17N3O2S/c1-11-15(20-17(23-11)14-8-5-9-22-14)16(21)19-10-13(18)12-6-3-2-4-7-12/h2-9,13H,10,18H2,1H3,(H,19,21). The van der Waals surface area contributed by atoms with E-state index in [2.05, 4.69) is 10.3 Å². The summed E-state index contributed by atoms with van der Waals surface area (Å²) >= 11 is 1.43. The van der Waals surface area contributed by atoms with Crippen LogP contribution in [0.1, 0.15) is 27.0 Å². The van der Waals surface area contributed by atoms with Gasteiger partial charge in [-0.1, -0.05) is 30.3 Å². The van der Waals surface area contributed by atoms with Crippen LogP contribution in [0.15, 0.2) is 53.1 Å². The summed E-state index contributed by atoms with van der Waals surface area (Å²) in [5.41, 5.74) is 7.50. The molecule has 1 amide bonds. The highest BCUT2D eigenvalue weighted by atomic mass is 32.1. The molecule has 0 aliphatic heterocycles. The maximum atomic E-state index is 12.3. The molecular weight excluding hydrogens is 310 g/mol. The number of nitrogens with zero attached hydrogens (tertiary/aromatic N) is 1. The van der Waals surface area contributed by atoms with Gasteiger partial charge in [-0.05, 0) is 24.6 Å². The number of thiazole rings is 1. The van der Waals surface area contributed by atoms with Crippen LogP contribution in [0.25, 0.3) is 10.8 Å². The van der Waals surface area contributed by atoms with Crippen molar-refractivity contribution in [1.82, 2.24) is 10.3 Å². The molecule has 0 saturated heterocycles. The van der Waals surface area contributed by atoms with Crippen molar-refractivity contribution in [2.75, 3.05) is 6.54 Å². The van der Waals surface area contributed by atoms with Gasteiger partial charge in [0.25, 0.3) is 5.91 Å². The third-order valence-corrected chi connectivity index (χ3v) is 4.44. The van der Waals surface area contributed by atoms with Crippen LogP contribution >= 0.6 is 11.3 Å². The summed E-state index contributed by atoms with van der Waals surface area (Å²) in [4.78, 5) is 17.6. The fourth-order valence-electron chi connectivity index (χ4n) is 2.22. The van der Waals surface area contributed by atoms with E-state index in [-0.39, 0.29) is 11.9 Å². The zero-order valence-corrected chi connectivity index (χ0v) is 13.5. The van der Waals surface area contributed by atoms with Gasteiger partial charge < -0.3 is 15.5 Å². The van der Waals surface area contributed by atoms with E-state index < -0.39 is 0 Å². The highest BCUT2D eigenvalue weighted by Crippen LogP contribution is 2.27. The molecule has 0 bridgehead atoms. The van der Waals surface area contributed by atoms with E-state index in [1.165, 1.54) is 11.3 Å². The van der Waals surface area contributed by atoms with Gasteiger partial charge in [0.15, 0.2) is 10.8 Å². The third-order valence-electron chi connectivity index (χ3n) is 3.45. The van der Waals surface area contributed by atoms with Crippen LogP contribution in [0, 0.1) is 6.92 Å². The predicted octanol–water partition coefficient (Wildman–Crippen LogP) is 3.14. The van der Waals surface area contributed by atoms with E-state index in [1.807, 2.05) is 43.3 Å². The molecule has 2 aromatic heterocycles. The molecule has 2 heterocycles. The Morgan fingerprint density at radius 1 is 1.30 bits per heavy atom. The smallest absolute Gasteiger partial charge is 0.271 e. The number of carbonyl (C=O) groups excluding carboxylic acids is 1. The van der Waals surface area contributed by atoms with Crippen molar-refractivity contribution in [2.24, 2.45) is 5.73 Å². The minimum Gasteiger partial charge on any atom is -0.462 e. The molecule has 0 saturated carbocycles. The normalized spacial score (nSPS) is 12.1. The average Bonchev–Trinajstić information content (AvgIpc) is 3.22. The van der Waals surface area contributed by atoms with Crippen molar-refractivity contribution < 1.29 is 9.21 Å². The SMILES string of the molecule is Cc1sc(-c2ccco2)nc1C(=O)NCC(N)c1ccccc1. The number of nitrogens with two attached hydrogens (primary N) is 1. The van der Waals surface area contributed by atoms with E-state index in [0.717, 1.165) is 10.4 Å². The highest BCUT2D eigenvalue weighted by molar-refractivity contribution is 7.15. The van der Waals surface area contributed by atoms with Gasteiger partial charge in [0.2, 0.25) is 0 Å². The zero-order chi connectivity index (χ0) is 16.2. The molecule has 3 N–H and O–H groups in total. The van der Waals surface area contributed by atoms with Crippen LogP contribution < -0.4 is 11.1 Å². The maximum absolute atomic E-state index is 12.3. The lowest BCUT2D eigenvalue weighted by molar-refractivity contribution is 0.0946. The number of aryl methyl sites for hydroxylation is 1. The number of hydrogen-bond donors (Lipinski definition) is 2. The van der Waals surface area contributed by atoms with E-state index in [4.69, 9.17) is 10.2 Å². The van der Waals surface area contributed by atoms with Crippen molar-refractivity contribution >= 4 is 17.2 Å². The fraction of sp³-hybridized carbons (Fsp3) is 0.176. The van der Waals surface area contributed by atoms with Crippen LogP contribution in [-0.2, 0) is 0 Å². The van der Waals surface area contributed by atoms with E-state index in [0.29, 0.717) is 23.0 Å². The summed E-state index contributed by atoms with van der Waals surface area (Å²) in [5.74, 6) is 0.445. The minimum absolute atomic E-state index is 0.220. The molecule has 118 valence electrons. The Bertz CT molecular complexity index is 782. The molecule has 0 fully saturated rings. The lowest BCUT2D eigenvalue weighted by Gasteiger charge is -2.12. The van der Waals surface area contributed by atoms with Crippen molar-refractivity contribution in [3.05, 3.63) is 64.9 Å². The predicted molar refractivity (Wildman–Crippen MR) is 90.3 cm³/mol. The molecule has 0 radical (unpaired) electrons. The minimum atomic E-state index is -0.247. The molecular formula is C17H17N3O2S. The Morgan fingerprint density at radius 2 is 2.09 bits per heavy atom. The van der Waals surface area contributed by atoms with Gasteiger partial charge in [0, 0.05) is 17.5 Å². The largest absolute Gasteiger partial charge is 0.462 e. The molecule has 0 aliphatic rings. The number of hydrogen-bond acceptors (Lipinski definition) is 5. The Morgan fingerprint density at radius 3 is 2.78 bits per heavy atom. The summed E-state index contributed by atoms with van der Waals surface area (Å²) in [5, 5.41) is 3.55. The lowest BCUT2D eigenvalue weighted by atomic mass is 10.1. The summed E-state index contributed by atoms with van der Waals surface area (Å²) in [6.07, 6.45) is 1.59. The van der Waals surface area contributed by atoms with E-state index >= 15 is 0 Å². The first kappa shape index (κ1) is 15.5. The Kier molecular flexibility index (Phi) is 4.55. The number of furan rings is 1. The molecule has 1 aromatic carbocycles. The molecule has 3 aromatic rings. The molecule has 3 rings (SSSR count). The van der Waals surface area contributed by atoms with Crippen LogP contribution in [0.2, 0.25) is 0 Å². The van der Waals surface area contributed by atoms with Gasteiger partial charge in [-0.15, -0.1) is 11.3 Å². The number of aromatic nitrogens is 1. The number of amides is 1. The monoisotopic (exact) mass is 327 g/mol. The van der Waals surface area contributed by atoms with E-state index in [9.17, 15) is 4.79 Å². The van der Waals surface area contributed by atoms with Gasteiger partial charge >= 0.3 is 0 Å². The highest BCUT2D eigenvalue weighted by Gasteiger charge is 2.18.